The molecule has 0 aliphatic carbocycles. The average Bonchev–Trinajstić information content (AvgIpc) is 3.06. The van der Waals surface area contributed by atoms with E-state index in [-0.39, 0.29) is 11.3 Å². The van der Waals surface area contributed by atoms with Gasteiger partial charge >= 0.3 is 0 Å². The van der Waals surface area contributed by atoms with Gasteiger partial charge in [0.1, 0.15) is 11.5 Å². The molecule has 1 heterocycles. The summed E-state index contributed by atoms with van der Waals surface area (Å²) < 4.78 is 5.54. The lowest BCUT2D eigenvalue weighted by Crippen LogP contribution is -2.35. The number of fused-ring (bicyclic) bond motifs is 1. The minimum absolute atomic E-state index is 0.0783. The predicted octanol–water partition coefficient (Wildman–Crippen LogP) is 3.83. The first-order valence-corrected chi connectivity index (χ1v) is 10.5. The third-order valence-corrected chi connectivity index (χ3v) is 5.81. The van der Waals surface area contributed by atoms with E-state index in [0.29, 0.717) is 30.0 Å². The number of aliphatic hydroxyl groups excluding tert-OH is 1. The highest BCUT2D eigenvalue weighted by molar-refractivity contribution is 6.46. The zero-order valence-electron chi connectivity index (χ0n) is 18.4. The van der Waals surface area contributed by atoms with Crippen molar-refractivity contribution >= 4 is 28.2 Å². The number of likely N-dealkylation sites (tertiary alicyclic amines) is 1. The van der Waals surface area contributed by atoms with Crippen molar-refractivity contribution in [1.82, 2.24) is 9.80 Å². The molecule has 1 aliphatic heterocycles. The predicted molar refractivity (Wildman–Crippen MR) is 125 cm³/mol. The van der Waals surface area contributed by atoms with E-state index in [1.54, 1.807) is 19.2 Å². The fourth-order valence-electron chi connectivity index (χ4n) is 4.21. The van der Waals surface area contributed by atoms with E-state index in [1.807, 2.05) is 73.6 Å². The van der Waals surface area contributed by atoms with E-state index in [2.05, 4.69) is 0 Å². The van der Waals surface area contributed by atoms with Crippen LogP contribution < -0.4 is 4.74 Å². The topological polar surface area (TPSA) is 70.1 Å². The number of likely N-dealkylation sites (N-methyl/N-ethyl adjacent to an activating group) is 1. The second-order valence-electron chi connectivity index (χ2n) is 8.06. The van der Waals surface area contributed by atoms with Crippen molar-refractivity contribution in [1.29, 1.82) is 0 Å². The van der Waals surface area contributed by atoms with Crippen molar-refractivity contribution in [2.45, 2.75) is 6.04 Å². The standard InChI is InChI=1S/C26H26N2O4/c1-27(2)15-16-28-23(20-12-6-7-14-21(20)32-3)22(25(30)26(28)31)24(29)19-13-8-10-17-9-4-5-11-18(17)19/h4-14,23,29H,15-16H2,1-3H3/b24-22+. The van der Waals surface area contributed by atoms with Gasteiger partial charge in [-0.15, -0.1) is 0 Å². The van der Waals surface area contributed by atoms with Crippen molar-refractivity contribution in [2.24, 2.45) is 0 Å². The summed E-state index contributed by atoms with van der Waals surface area (Å²) in [6, 6.07) is 19.7. The van der Waals surface area contributed by atoms with E-state index in [1.165, 1.54) is 4.90 Å². The van der Waals surface area contributed by atoms with Crippen molar-refractivity contribution < 1.29 is 19.4 Å². The van der Waals surface area contributed by atoms with Gasteiger partial charge in [-0.25, -0.2) is 0 Å². The molecule has 0 aromatic heterocycles. The molecule has 1 unspecified atom stereocenters. The zero-order valence-corrected chi connectivity index (χ0v) is 18.4. The Labute approximate surface area is 187 Å². The molecule has 1 N–H and O–H groups in total. The molecule has 1 atom stereocenters. The second kappa shape index (κ2) is 8.85. The average molecular weight is 431 g/mol. The number of hydrogen-bond acceptors (Lipinski definition) is 5. The molecule has 164 valence electrons. The number of nitrogens with zero attached hydrogens (tertiary/aromatic N) is 2. The number of Topliss-reactive ketones (excluding diaryl/α,β-unsaturated/α-hetero) is 1. The van der Waals surface area contributed by atoms with Gasteiger partial charge in [0, 0.05) is 24.2 Å². The Bertz CT molecular complexity index is 1210. The van der Waals surface area contributed by atoms with Crippen LogP contribution in [0.15, 0.2) is 72.3 Å². The summed E-state index contributed by atoms with van der Waals surface area (Å²) in [7, 11) is 5.37. The molecule has 0 spiro atoms. The van der Waals surface area contributed by atoms with E-state index in [4.69, 9.17) is 4.74 Å². The van der Waals surface area contributed by atoms with Crippen LogP contribution in [0.2, 0.25) is 0 Å². The van der Waals surface area contributed by atoms with Gasteiger partial charge in [-0.05, 0) is 30.9 Å². The summed E-state index contributed by atoms with van der Waals surface area (Å²) in [5.74, 6) is -0.934. The maximum absolute atomic E-state index is 13.2. The molecule has 3 aromatic carbocycles. The molecular weight excluding hydrogens is 404 g/mol. The Hall–Kier alpha value is -3.64. The molecular formula is C26H26N2O4. The van der Waals surface area contributed by atoms with Crippen molar-refractivity contribution in [3.63, 3.8) is 0 Å². The van der Waals surface area contributed by atoms with Crippen LogP contribution in [-0.2, 0) is 9.59 Å². The first-order valence-electron chi connectivity index (χ1n) is 10.5. The largest absolute Gasteiger partial charge is 0.507 e. The molecule has 0 radical (unpaired) electrons. The number of amides is 1. The summed E-state index contributed by atoms with van der Waals surface area (Å²) in [4.78, 5) is 29.8. The van der Waals surface area contributed by atoms with Gasteiger partial charge in [-0.1, -0.05) is 60.7 Å². The van der Waals surface area contributed by atoms with Gasteiger partial charge < -0.3 is 19.6 Å². The van der Waals surface area contributed by atoms with Gasteiger partial charge in [-0.3, -0.25) is 9.59 Å². The number of carbonyl (C=O) groups is 2. The van der Waals surface area contributed by atoms with Crippen LogP contribution in [0.5, 0.6) is 5.75 Å². The fraction of sp³-hybridized carbons (Fsp3) is 0.231. The molecule has 3 aromatic rings. The van der Waals surface area contributed by atoms with Gasteiger partial charge in [0.2, 0.25) is 0 Å². The highest BCUT2D eigenvalue weighted by atomic mass is 16.5. The number of methoxy groups -OCH3 is 1. The van der Waals surface area contributed by atoms with Crippen molar-refractivity contribution in [3.8, 4) is 5.75 Å². The summed E-state index contributed by atoms with van der Waals surface area (Å²) in [5, 5.41) is 13.2. The Morgan fingerprint density at radius 1 is 1.00 bits per heavy atom. The SMILES string of the molecule is COc1ccccc1C1/C(=C(\O)c2cccc3ccccc23)C(=O)C(=O)N1CCN(C)C. The zero-order chi connectivity index (χ0) is 22.8. The summed E-state index contributed by atoms with van der Waals surface area (Å²) in [6.45, 7) is 0.916. The smallest absolute Gasteiger partial charge is 0.295 e. The molecule has 0 saturated carbocycles. The van der Waals surface area contributed by atoms with E-state index < -0.39 is 17.7 Å². The molecule has 1 amide bonds. The number of rotatable bonds is 6. The number of carbonyl (C=O) groups excluding carboxylic acids is 2. The minimum atomic E-state index is -0.745. The molecule has 1 aliphatic rings. The number of ether oxygens (including phenoxy) is 1. The van der Waals surface area contributed by atoms with Crippen LogP contribution in [0.25, 0.3) is 16.5 Å². The lowest BCUT2D eigenvalue weighted by Gasteiger charge is -2.27. The van der Waals surface area contributed by atoms with Gasteiger partial charge in [0.05, 0.1) is 18.7 Å². The van der Waals surface area contributed by atoms with Gasteiger partial charge in [-0.2, -0.15) is 0 Å². The number of ketones is 1. The molecule has 1 saturated heterocycles. The third kappa shape index (κ3) is 3.74. The van der Waals surface area contributed by atoms with Crippen LogP contribution >= 0.6 is 0 Å². The quantitative estimate of drug-likeness (QED) is 0.366. The number of hydrogen-bond donors (Lipinski definition) is 1. The first-order chi connectivity index (χ1) is 15.4. The van der Waals surface area contributed by atoms with Crippen LogP contribution in [0.1, 0.15) is 17.2 Å². The van der Waals surface area contributed by atoms with Crippen LogP contribution in [-0.4, -0.2) is 60.9 Å². The van der Waals surface area contributed by atoms with E-state index in [9.17, 15) is 14.7 Å². The maximum atomic E-state index is 13.2. The highest BCUT2D eigenvalue weighted by Crippen LogP contribution is 2.43. The molecule has 0 bridgehead atoms. The normalized spacial score (nSPS) is 18.0. The number of para-hydroxylation sites is 1. The Kier molecular flexibility index (Phi) is 5.97. The van der Waals surface area contributed by atoms with E-state index >= 15 is 0 Å². The van der Waals surface area contributed by atoms with Crippen molar-refractivity contribution in [3.05, 3.63) is 83.4 Å². The Morgan fingerprint density at radius 3 is 2.44 bits per heavy atom. The lowest BCUT2D eigenvalue weighted by molar-refractivity contribution is -0.140. The van der Waals surface area contributed by atoms with Crippen LogP contribution in [0.4, 0.5) is 0 Å². The third-order valence-electron chi connectivity index (χ3n) is 5.81. The second-order valence-corrected chi connectivity index (χ2v) is 8.06. The lowest BCUT2D eigenvalue weighted by atomic mass is 9.93. The Morgan fingerprint density at radius 2 is 1.69 bits per heavy atom. The number of aliphatic hydroxyl groups is 1. The van der Waals surface area contributed by atoms with Crippen LogP contribution in [0.3, 0.4) is 0 Å². The first kappa shape index (κ1) is 21.6. The molecule has 6 heteroatoms. The molecule has 1 fully saturated rings. The summed E-state index contributed by atoms with van der Waals surface area (Å²) >= 11 is 0. The minimum Gasteiger partial charge on any atom is -0.507 e. The Balaban J connectivity index is 1.95. The number of benzene rings is 3. The highest BCUT2D eigenvalue weighted by Gasteiger charge is 2.46. The summed E-state index contributed by atoms with van der Waals surface area (Å²) in [5.41, 5.74) is 1.26. The molecule has 6 nitrogen and oxygen atoms in total. The van der Waals surface area contributed by atoms with Gasteiger partial charge in [0.25, 0.3) is 11.7 Å². The monoisotopic (exact) mass is 430 g/mol. The van der Waals surface area contributed by atoms with E-state index in [0.717, 1.165) is 10.8 Å². The maximum Gasteiger partial charge on any atom is 0.295 e. The van der Waals surface area contributed by atoms with Gasteiger partial charge in [0.15, 0.2) is 0 Å². The molecule has 4 rings (SSSR count). The van der Waals surface area contributed by atoms with Crippen molar-refractivity contribution in [2.75, 3.05) is 34.3 Å². The molecule has 32 heavy (non-hydrogen) atoms. The van der Waals surface area contributed by atoms with Crippen LogP contribution in [0, 0.1) is 0 Å². The summed E-state index contributed by atoms with van der Waals surface area (Å²) in [6.07, 6.45) is 0. The fourth-order valence-corrected chi connectivity index (χ4v) is 4.21.